The Morgan fingerprint density at radius 2 is 2.00 bits per heavy atom. The van der Waals surface area contributed by atoms with Crippen molar-refractivity contribution in [3.05, 3.63) is 53.3 Å². The highest BCUT2D eigenvalue weighted by atomic mass is 16.5. The van der Waals surface area contributed by atoms with Gasteiger partial charge in [0.1, 0.15) is 11.4 Å². The fourth-order valence-corrected chi connectivity index (χ4v) is 3.47. The highest BCUT2D eigenvalue weighted by molar-refractivity contribution is 5.76. The molecule has 0 aliphatic rings. The molecule has 0 saturated heterocycles. The molecule has 1 atom stereocenters. The Labute approximate surface area is 168 Å². The van der Waals surface area contributed by atoms with E-state index in [0.29, 0.717) is 18.9 Å². The van der Waals surface area contributed by atoms with Crippen LogP contribution in [0.2, 0.25) is 0 Å². The summed E-state index contributed by atoms with van der Waals surface area (Å²) in [7, 11) is 1.74. The number of nitrogens with zero attached hydrogens (tertiary/aromatic N) is 5. The van der Waals surface area contributed by atoms with Gasteiger partial charge in [-0.05, 0) is 73.4 Å². The number of nitrogens with one attached hydrogen (secondary N) is 1. The minimum Gasteiger partial charge on any atom is -0.493 e. The second-order valence-corrected chi connectivity index (χ2v) is 7.21. The summed E-state index contributed by atoms with van der Waals surface area (Å²) in [6, 6.07) is 9.82. The number of hydrogen-bond donors (Lipinski definition) is 2. The molecule has 29 heavy (non-hydrogen) atoms. The molecular weight excluding hydrogens is 368 g/mol. The highest BCUT2D eigenvalue weighted by Crippen LogP contribution is 2.29. The van der Waals surface area contributed by atoms with E-state index in [9.17, 15) is 5.11 Å². The first kappa shape index (κ1) is 19.1. The van der Waals surface area contributed by atoms with E-state index in [0.717, 1.165) is 45.6 Å². The molecule has 0 aliphatic heterocycles. The SMILES string of the molecule is Cc1cc(-c2nnn(C)n2)cc(C)c1OCCCC(O)c1cc2cccnc2[nH]1. The van der Waals surface area contributed by atoms with Crippen molar-refractivity contribution >= 4 is 11.0 Å². The molecule has 8 nitrogen and oxygen atoms in total. The van der Waals surface area contributed by atoms with Crippen LogP contribution in [0, 0.1) is 13.8 Å². The van der Waals surface area contributed by atoms with Crippen molar-refractivity contribution < 1.29 is 9.84 Å². The molecule has 3 heterocycles. The molecule has 3 aromatic heterocycles. The zero-order valence-electron chi connectivity index (χ0n) is 16.8. The molecule has 150 valence electrons. The third-order valence-corrected chi connectivity index (χ3v) is 4.87. The number of aromatic amines is 1. The first-order valence-corrected chi connectivity index (χ1v) is 9.61. The van der Waals surface area contributed by atoms with Crippen LogP contribution in [0.1, 0.15) is 35.8 Å². The van der Waals surface area contributed by atoms with Crippen molar-refractivity contribution in [1.82, 2.24) is 30.2 Å². The molecule has 0 fully saturated rings. The zero-order chi connectivity index (χ0) is 20.4. The lowest BCUT2D eigenvalue weighted by Crippen LogP contribution is -2.05. The predicted octanol–water partition coefficient (Wildman–Crippen LogP) is 3.26. The number of ether oxygens (including phenoxy) is 1. The zero-order valence-corrected chi connectivity index (χ0v) is 16.8. The summed E-state index contributed by atoms with van der Waals surface area (Å²) in [6.07, 6.45) is 2.50. The number of aromatic nitrogens is 6. The van der Waals surface area contributed by atoms with Gasteiger partial charge in [0.15, 0.2) is 0 Å². The van der Waals surface area contributed by atoms with Crippen LogP contribution in [-0.4, -0.2) is 41.9 Å². The van der Waals surface area contributed by atoms with Crippen molar-refractivity contribution in [2.24, 2.45) is 7.05 Å². The summed E-state index contributed by atoms with van der Waals surface area (Å²) in [4.78, 5) is 8.88. The number of aryl methyl sites for hydroxylation is 3. The van der Waals surface area contributed by atoms with Crippen molar-refractivity contribution in [1.29, 1.82) is 0 Å². The van der Waals surface area contributed by atoms with Crippen LogP contribution >= 0.6 is 0 Å². The summed E-state index contributed by atoms with van der Waals surface area (Å²) >= 11 is 0. The Balaban J connectivity index is 1.35. The van der Waals surface area contributed by atoms with E-state index in [2.05, 4.69) is 25.4 Å². The third kappa shape index (κ3) is 4.12. The van der Waals surface area contributed by atoms with Crippen molar-refractivity contribution in [2.75, 3.05) is 6.61 Å². The lowest BCUT2D eigenvalue weighted by molar-refractivity contribution is 0.151. The second kappa shape index (κ2) is 8.00. The lowest BCUT2D eigenvalue weighted by Gasteiger charge is -2.14. The van der Waals surface area contributed by atoms with Gasteiger partial charge in [0.25, 0.3) is 0 Å². The van der Waals surface area contributed by atoms with Gasteiger partial charge in [-0.25, -0.2) is 4.98 Å². The van der Waals surface area contributed by atoms with Gasteiger partial charge in [-0.2, -0.15) is 4.80 Å². The Morgan fingerprint density at radius 3 is 2.69 bits per heavy atom. The summed E-state index contributed by atoms with van der Waals surface area (Å²) < 4.78 is 6.01. The summed E-state index contributed by atoms with van der Waals surface area (Å²) in [5.41, 5.74) is 4.54. The maximum atomic E-state index is 10.5. The van der Waals surface area contributed by atoms with Crippen molar-refractivity contribution in [3.8, 4) is 17.1 Å². The predicted molar refractivity (Wildman–Crippen MR) is 109 cm³/mol. The molecule has 8 heteroatoms. The third-order valence-electron chi connectivity index (χ3n) is 4.87. The molecular formula is C21H24N6O2. The number of tetrazole rings is 1. The van der Waals surface area contributed by atoms with Crippen LogP contribution in [0.5, 0.6) is 5.75 Å². The standard InChI is InChI=1S/C21H24N6O2/c1-13-10-16(21-24-26-27(3)25-21)11-14(2)19(13)29-9-5-7-18(28)17-12-15-6-4-8-22-20(15)23-17/h4,6,8,10-12,18,28H,5,7,9H2,1-3H3,(H,22,23). The van der Waals surface area contributed by atoms with Crippen molar-refractivity contribution in [3.63, 3.8) is 0 Å². The van der Waals surface area contributed by atoms with E-state index < -0.39 is 6.10 Å². The molecule has 4 rings (SSSR count). The number of benzene rings is 1. The van der Waals surface area contributed by atoms with Crippen LogP contribution in [-0.2, 0) is 7.05 Å². The van der Waals surface area contributed by atoms with Gasteiger partial charge in [0.2, 0.25) is 5.82 Å². The van der Waals surface area contributed by atoms with Crippen molar-refractivity contribution in [2.45, 2.75) is 32.8 Å². The minimum absolute atomic E-state index is 0.528. The van der Waals surface area contributed by atoms with Gasteiger partial charge < -0.3 is 14.8 Å². The van der Waals surface area contributed by atoms with Crippen LogP contribution in [0.3, 0.4) is 0 Å². The molecule has 0 spiro atoms. The van der Waals surface area contributed by atoms with E-state index in [4.69, 9.17) is 4.74 Å². The average Bonchev–Trinajstić information content (AvgIpc) is 3.32. The quantitative estimate of drug-likeness (QED) is 0.468. The van der Waals surface area contributed by atoms with Gasteiger partial charge in [-0.3, -0.25) is 0 Å². The average molecular weight is 392 g/mol. The van der Waals surface area contributed by atoms with E-state index >= 15 is 0 Å². The molecule has 1 unspecified atom stereocenters. The number of hydrogen-bond acceptors (Lipinski definition) is 6. The van der Waals surface area contributed by atoms with E-state index in [1.807, 2.05) is 44.2 Å². The number of H-pyrrole nitrogens is 1. The second-order valence-electron chi connectivity index (χ2n) is 7.21. The molecule has 4 aromatic rings. The Hall–Kier alpha value is -3.26. The van der Waals surface area contributed by atoms with Gasteiger partial charge in [0.05, 0.1) is 19.8 Å². The number of pyridine rings is 1. The Bertz CT molecular complexity index is 1080. The molecule has 0 bridgehead atoms. The largest absolute Gasteiger partial charge is 0.493 e. The molecule has 0 radical (unpaired) electrons. The van der Waals surface area contributed by atoms with Gasteiger partial charge >= 0.3 is 0 Å². The summed E-state index contributed by atoms with van der Waals surface area (Å²) in [5.74, 6) is 1.46. The topological polar surface area (TPSA) is 102 Å². The van der Waals surface area contributed by atoms with E-state index in [1.165, 1.54) is 4.80 Å². The Morgan fingerprint density at radius 1 is 1.21 bits per heavy atom. The van der Waals surface area contributed by atoms with Gasteiger partial charge in [-0.15, -0.1) is 10.2 Å². The fraction of sp³-hybridized carbons (Fsp3) is 0.333. The van der Waals surface area contributed by atoms with Crippen LogP contribution < -0.4 is 4.74 Å². The van der Waals surface area contributed by atoms with Crippen LogP contribution in [0.4, 0.5) is 0 Å². The first-order chi connectivity index (χ1) is 14.0. The van der Waals surface area contributed by atoms with Crippen LogP contribution in [0.15, 0.2) is 36.5 Å². The number of fused-ring (bicyclic) bond motifs is 1. The molecule has 0 aliphatic carbocycles. The van der Waals surface area contributed by atoms with E-state index in [-0.39, 0.29) is 0 Å². The molecule has 0 amide bonds. The van der Waals surface area contributed by atoms with Gasteiger partial charge in [-0.1, -0.05) is 0 Å². The summed E-state index contributed by atoms with van der Waals surface area (Å²) in [5, 5.41) is 23.7. The van der Waals surface area contributed by atoms with Crippen LogP contribution in [0.25, 0.3) is 22.4 Å². The maximum Gasteiger partial charge on any atom is 0.204 e. The molecule has 1 aromatic carbocycles. The monoisotopic (exact) mass is 392 g/mol. The van der Waals surface area contributed by atoms with Gasteiger partial charge in [0, 0.05) is 22.8 Å². The number of aliphatic hydroxyl groups is 1. The number of rotatable bonds is 7. The molecule has 2 N–H and O–H groups in total. The first-order valence-electron chi connectivity index (χ1n) is 9.61. The lowest BCUT2D eigenvalue weighted by atomic mass is 10.1. The maximum absolute atomic E-state index is 10.5. The smallest absolute Gasteiger partial charge is 0.204 e. The van der Waals surface area contributed by atoms with E-state index in [1.54, 1.807) is 13.2 Å². The highest BCUT2D eigenvalue weighted by Gasteiger charge is 2.13. The Kier molecular flexibility index (Phi) is 5.26. The molecule has 0 saturated carbocycles. The normalized spacial score (nSPS) is 12.4. The fourth-order valence-electron chi connectivity index (χ4n) is 3.47. The summed E-state index contributed by atoms with van der Waals surface area (Å²) in [6.45, 7) is 4.54. The minimum atomic E-state index is -0.569. The number of aliphatic hydroxyl groups excluding tert-OH is 1.